The van der Waals surface area contributed by atoms with Crippen molar-refractivity contribution in [2.24, 2.45) is 0 Å². The van der Waals surface area contributed by atoms with Gasteiger partial charge in [0.2, 0.25) is 10.0 Å². The Bertz CT molecular complexity index is 827. The van der Waals surface area contributed by atoms with Crippen LogP contribution in [-0.4, -0.2) is 15.5 Å². The van der Waals surface area contributed by atoms with Crippen LogP contribution in [0.2, 0.25) is 10.0 Å². The maximum atomic E-state index is 13.7. The van der Waals surface area contributed by atoms with Gasteiger partial charge in [0.25, 0.3) is 0 Å². The third kappa shape index (κ3) is 4.14. The van der Waals surface area contributed by atoms with Crippen molar-refractivity contribution in [2.45, 2.75) is 17.9 Å². The molecule has 1 unspecified atom stereocenters. The summed E-state index contributed by atoms with van der Waals surface area (Å²) in [6, 6.07) is 7.57. The Morgan fingerprint density at radius 3 is 2.43 bits per heavy atom. The van der Waals surface area contributed by atoms with Gasteiger partial charge in [-0.1, -0.05) is 29.3 Å². The highest BCUT2D eigenvalue weighted by atomic mass is 35.5. The van der Waals surface area contributed by atoms with E-state index in [-0.39, 0.29) is 10.6 Å². The Kier molecular flexibility index (Phi) is 5.52. The summed E-state index contributed by atoms with van der Waals surface area (Å²) in [7, 11) is -2.62. The van der Waals surface area contributed by atoms with E-state index >= 15 is 0 Å². The molecule has 2 aromatic rings. The first-order valence-electron chi connectivity index (χ1n) is 6.55. The highest BCUT2D eigenvalue weighted by molar-refractivity contribution is 7.89. The van der Waals surface area contributed by atoms with Crippen molar-refractivity contribution in [1.29, 1.82) is 0 Å². The second kappa shape index (κ2) is 7.05. The van der Waals surface area contributed by atoms with Crippen molar-refractivity contribution in [2.75, 3.05) is 7.11 Å². The van der Waals surface area contributed by atoms with E-state index in [0.717, 1.165) is 6.07 Å². The SMILES string of the molecule is COc1ccc(S(=O)(=O)NC(C)c2ccc(Cl)cc2Cl)cc1F. The number of sulfonamides is 1. The van der Waals surface area contributed by atoms with Crippen LogP contribution in [0.15, 0.2) is 41.3 Å². The highest BCUT2D eigenvalue weighted by Gasteiger charge is 2.21. The average molecular weight is 378 g/mol. The zero-order valence-corrected chi connectivity index (χ0v) is 14.6. The number of halogens is 3. The van der Waals surface area contributed by atoms with Crippen molar-refractivity contribution in [3.63, 3.8) is 0 Å². The maximum Gasteiger partial charge on any atom is 0.241 e. The van der Waals surface area contributed by atoms with Crippen LogP contribution in [0.3, 0.4) is 0 Å². The monoisotopic (exact) mass is 377 g/mol. The number of hydrogen-bond donors (Lipinski definition) is 1. The average Bonchev–Trinajstić information content (AvgIpc) is 2.46. The molecular weight excluding hydrogens is 364 g/mol. The van der Waals surface area contributed by atoms with Crippen molar-refractivity contribution in [3.05, 3.63) is 57.8 Å². The minimum Gasteiger partial charge on any atom is -0.494 e. The number of nitrogens with one attached hydrogen (secondary N) is 1. The lowest BCUT2D eigenvalue weighted by Crippen LogP contribution is -2.27. The summed E-state index contributed by atoms with van der Waals surface area (Å²) >= 11 is 11.9. The summed E-state index contributed by atoms with van der Waals surface area (Å²) in [6.07, 6.45) is 0. The van der Waals surface area contributed by atoms with E-state index in [2.05, 4.69) is 4.72 Å². The molecule has 0 heterocycles. The van der Waals surface area contributed by atoms with Crippen LogP contribution in [0.1, 0.15) is 18.5 Å². The van der Waals surface area contributed by atoms with Gasteiger partial charge in [-0.15, -0.1) is 0 Å². The van der Waals surface area contributed by atoms with Gasteiger partial charge in [0.15, 0.2) is 11.6 Å². The van der Waals surface area contributed by atoms with Crippen LogP contribution in [0.4, 0.5) is 4.39 Å². The Morgan fingerprint density at radius 2 is 1.87 bits per heavy atom. The predicted octanol–water partition coefficient (Wildman–Crippen LogP) is 4.18. The van der Waals surface area contributed by atoms with E-state index in [1.165, 1.54) is 25.3 Å². The third-order valence-electron chi connectivity index (χ3n) is 3.19. The predicted molar refractivity (Wildman–Crippen MR) is 88.2 cm³/mol. The number of hydrogen-bond acceptors (Lipinski definition) is 3. The largest absolute Gasteiger partial charge is 0.494 e. The standard InChI is InChI=1S/C15H14Cl2FNO3S/c1-9(12-5-3-10(16)7-13(12)17)19-23(20,21)11-4-6-15(22-2)14(18)8-11/h3-9,19H,1-2H3. The summed E-state index contributed by atoms with van der Waals surface area (Å²) < 4.78 is 45.6. The first kappa shape index (κ1) is 18.0. The molecule has 8 heteroatoms. The van der Waals surface area contributed by atoms with Gasteiger partial charge in [-0.05, 0) is 42.8 Å². The number of methoxy groups -OCH3 is 1. The molecule has 124 valence electrons. The first-order chi connectivity index (χ1) is 10.7. The molecular formula is C15H14Cl2FNO3S. The zero-order chi connectivity index (χ0) is 17.2. The maximum absolute atomic E-state index is 13.7. The molecule has 0 aliphatic heterocycles. The van der Waals surface area contributed by atoms with E-state index in [1.807, 2.05) is 0 Å². The molecule has 1 N–H and O–H groups in total. The van der Waals surface area contributed by atoms with Gasteiger partial charge in [-0.2, -0.15) is 0 Å². The first-order valence-corrected chi connectivity index (χ1v) is 8.79. The van der Waals surface area contributed by atoms with Gasteiger partial charge in [0, 0.05) is 16.1 Å². The van der Waals surface area contributed by atoms with Crippen LogP contribution in [0.5, 0.6) is 5.75 Å². The van der Waals surface area contributed by atoms with Crippen LogP contribution in [0, 0.1) is 5.82 Å². The Morgan fingerprint density at radius 1 is 1.17 bits per heavy atom. The van der Waals surface area contributed by atoms with Gasteiger partial charge < -0.3 is 4.74 Å². The molecule has 0 bridgehead atoms. The Hall–Kier alpha value is -1.34. The zero-order valence-electron chi connectivity index (χ0n) is 12.3. The molecule has 0 spiro atoms. The van der Waals surface area contributed by atoms with Crippen molar-refractivity contribution in [1.82, 2.24) is 4.72 Å². The number of benzene rings is 2. The van der Waals surface area contributed by atoms with E-state index in [0.29, 0.717) is 15.6 Å². The molecule has 0 saturated carbocycles. The Labute approximate surface area is 144 Å². The lowest BCUT2D eigenvalue weighted by Gasteiger charge is -2.16. The fourth-order valence-corrected chi connectivity index (χ4v) is 3.84. The summed E-state index contributed by atoms with van der Waals surface area (Å²) in [6.45, 7) is 1.63. The second-order valence-electron chi connectivity index (χ2n) is 4.81. The van der Waals surface area contributed by atoms with Gasteiger partial charge in [0.05, 0.1) is 12.0 Å². The molecule has 0 aromatic heterocycles. The summed E-state index contributed by atoms with van der Waals surface area (Å²) in [5.41, 5.74) is 0.564. The van der Waals surface area contributed by atoms with E-state index in [9.17, 15) is 12.8 Å². The molecule has 0 saturated heterocycles. The molecule has 2 aromatic carbocycles. The van der Waals surface area contributed by atoms with Gasteiger partial charge in [-0.3, -0.25) is 0 Å². The van der Waals surface area contributed by atoms with Crippen molar-refractivity contribution < 1.29 is 17.5 Å². The molecule has 4 nitrogen and oxygen atoms in total. The number of rotatable bonds is 5. The normalized spacial score (nSPS) is 12.9. The fraction of sp³-hybridized carbons (Fsp3) is 0.200. The highest BCUT2D eigenvalue weighted by Crippen LogP contribution is 2.28. The molecule has 0 aliphatic rings. The molecule has 1 atom stereocenters. The molecule has 0 fully saturated rings. The van der Waals surface area contributed by atoms with Crippen molar-refractivity contribution in [3.8, 4) is 5.75 Å². The molecule has 23 heavy (non-hydrogen) atoms. The topological polar surface area (TPSA) is 55.4 Å². The van der Waals surface area contributed by atoms with Crippen LogP contribution < -0.4 is 9.46 Å². The molecule has 0 aliphatic carbocycles. The lowest BCUT2D eigenvalue weighted by atomic mass is 10.1. The van der Waals surface area contributed by atoms with Gasteiger partial charge in [0.1, 0.15) is 0 Å². The Balaban J connectivity index is 2.28. The minimum atomic E-state index is -3.92. The van der Waals surface area contributed by atoms with Crippen LogP contribution in [0.25, 0.3) is 0 Å². The molecule has 2 rings (SSSR count). The summed E-state index contributed by atoms with van der Waals surface area (Å²) in [4.78, 5) is -0.201. The molecule has 0 radical (unpaired) electrons. The number of ether oxygens (including phenoxy) is 1. The third-order valence-corrected chi connectivity index (χ3v) is 5.30. The van der Waals surface area contributed by atoms with Crippen LogP contribution >= 0.6 is 23.2 Å². The van der Waals surface area contributed by atoms with E-state index in [1.54, 1.807) is 19.1 Å². The van der Waals surface area contributed by atoms with E-state index < -0.39 is 21.9 Å². The summed E-state index contributed by atoms with van der Waals surface area (Å²) in [5, 5.41) is 0.791. The lowest BCUT2D eigenvalue weighted by molar-refractivity contribution is 0.385. The fourth-order valence-electron chi connectivity index (χ4n) is 2.03. The van der Waals surface area contributed by atoms with Crippen molar-refractivity contribution >= 4 is 33.2 Å². The van der Waals surface area contributed by atoms with Gasteiger partial charge in [-0.25, -0.2) is 17.5 Å². The van der Waals surface area contributed by atoms with E-state index in [4.69, 9.17) is 27.9 Å². The van der Waals surface area contributed by atoms with Crippen LogP contribution in [-0.2, 0) is 10.0 Å². The second-order valence-corrected chi connectivity index (χ2v) is 7.36. The summed E-state index contributed by atoms with van der Waals surface area (Å²) in [5.74, 6) is -0.787. The minimum absolute atomic E-state index is 0.0299. The van der Waals surface area contributed by atoms with Gasteiger partial charge >= 0.3 is 0 Å². The molecule has 0 amide bonds. The quantitative estimate of drug-likeness (QED) is 0.849. The smallest absolute Gasteiger partial charge is 0.241 e.